The van der Waals surface area contributed by atoms with Crippen LogP contribution in [0.3, 0.4) is 0 Å². The van der Waals surface area contributed by atoms with Crippen molar-refractivity contribution in [1.82, 2.24) is 0 Å². The van der Waals surface area contributed by atoms with Crippen LogP contribution in [0.25, 0.3) is 22.3 Å². The Bertz CT molecular complexity index is 1190. The van der Waals surface area contributed by atoms with E-state index in [1.54, 1.807) is 12.1 Å². The molecule has 0 saturated carbocycles. The van der Waals surface area contributed by atoms with Crippen LogP contribution in [0.15, 0.2) is 60.7 Å². The van der Waals surface area contributed by atoms with Gasteiger partial charge in [-0.15, -0.1) is 0 Å². The summed E-state index contributed by atoms with van der Waals surface area (Å²) in [5.41, 5.74) is 6.57. The van der Waals surface area contributed by atoms with Crippen molar-refractivity contribution in [2.24, 2.45) is 0 Å². The van der Waals surface area contributed by atoms with Crippen LogP contribution >= 0.6 is 0 Å². The number of ether oxygens (including phenoxy) is 1. The minimum absolute atomic E-state index is 0.0162. The second-order valence-corrected chi connectivity index (χ2v) is 9.75. The lowest BCUT2D eigenvalue weighted by molar-refractivity contribution is -0.109. The fourth-order valence-corrected chi connectivity index (χ4v) is 4.53. The lowest BCUT2D eigenvalue weighted by atomic mass is 9.83. The van der Waals surface area contributed by atoms with Crippen LogP contribution < -0.4 is 9.64 Å². The topological polar surface area (TPSA) is 66.8 Å². The van der Waals surface area contributed by atoms with E-state index in [-0.39, 0.29) is 17.6 Å². The van der Waals surface area contributed by atoms with Crippen molar-refractivity contribution in [1.29, 1.82) is 0 Å². The number of anilines is 1. The van der Waals surface area contributed by atoms with Crippen molar-refractivity contribution >= 4 is 17.9 Å². The maximum Gasteiger partial charge on any atom is 0.335 e. The number of hydrogen-bond acceptors (Lipinski definition) is 4. The molecule has 1 N–H and O–H groups in total. The predicted molar refractivity (Wildman–Crippen MR) is 136 cm³/mol. The smallest absolute Gasteiger partial charge is 0.335 e. The monoisotopic (exact) mass is 457 g/mol. The van der Waals surface area contributed by atoms with Gasteiger partial charge in [0.2, 0.25) is 0 Å². The molecule has 176 valence electrons. The van der Waals surface area contributed by atoms with Gasteiger partial charge in [0.25, 0.3) is 0 Å². The third-order valence-electron chi connectivity index (χ3n) is 6.31. The number of benzene rings is 3. The van der Waals surface area contributed by atoms with Crippen LogP contribution in [-0.4, -0.2) is 37.1 Å². The first-order valence-electron chi connectivity index (χ1n) is 11.7. The number of carboxylic acid groups (broad SMARTS) is 1. The summed E-state index contributed by atoms with van der Waals surface area (Å²) < 4.78 is 5.78. The van der Waals surface area contributed by atoms with Gasteiger partial charge in [0.1, 0.15) is 12.4 Å². The van der Waals surface area contributed by atoms with Crippen molar-refractivity contribution in [3.05, 3.63) is 71.8 Å². The van der Waals surface area contributed by atoms with Crippen LogP contribution in [-0.2, 0) is 10.2 Å². The van der Waals surface area contributed by atoms with Crippen molar-refractivity contribution in [3.63, 3.8) is 0 Å². The Morgan fingerprint density at radius 3 is 2.21 bits per heavy atom. The van der Waals surface area contributed by atoms with Gasteiger partial charge in [-0.2, -0.15) is 0 Å². The molecule has 0 spiro atoms. The lowest BCUT2D eigenvalue weighted by Gasteiger charge is -2.29. The fourth-order valence-electron chi connectivity index (χ4n) is 4.53. The van der Waals surface area contributed by atoms with Crippen LogP contribution in [0, 0.1) is 0 Å². The number of rotatable bonds is 7. The molecule has 1 fully saturated rings. The highest BCUT2D eigenvalue weighted by Gasteiger charge is 2.24. The summed E-state index contributed by atoms with van der Waals surface area (Å²) in [7, 11) is 0. The number of aldehydes is 1. The van der Waals surface area contributed by atoms with Gasteiger partial charge in [-0.05, 0) is 76.9 Å². The molecule has 0 bridgehead atoms. The Morgan fingerprint density at radius 1 is 0.941 bits per heavy atom. The molecule has 3 aromatic rings. The fraction of sp³-hybridized carbons (Fsp3) is 0.310. The molecule has 0 radical (unpaired) electrons. The quantitative estimate of drug-likeness (QED) is 0.428. The second kappa shape index (κ2) is 9.72. The van der Waals surface area contributed by atoms with Crippen molar-refractivity contribution in [2.45, 2.75) is 39.0 Å². The predicted octanol–water partition coefficient (Wildman–Crippen LogP) is 6.19. The van der Waals surface area contributed by atoms with E-state index < -0.39 is 5.97 Å². The normalized spacial score (nSPS) is 13.7. The Morgan fingerprint density at radius 2 is 1.59 bits per heavy atom. The van der Waals surface area contributed by atoms with Gasteiger partial charge in [-0.25, -0.2) is 4.79 Å². The van der Waals surface area contributed by atoms with E-state index in [1.165, 1.54) is 24.1 Å². The summed E-state index contributed by atoms with van der Waals surface area (Å²) in [6.45, 7) is 8.84. The number of carboxylic acids is 1. The van der Waals surface area contributed by atoms with Gasteiger partial charge in [0.05, 0.1) is 5.56 Å². The maximum absolute atomic E-state index is 11.2. The second-order valence-electron chi connectivity index (χ2n) is 9.75. The summed E-state index contributed by atoms with van der Waals surface area (Å²) in [6, 6.07) is 19.3. The SMILES string of the molecule is CC(C)(C)c1cc(-c2cc(-c3ccc(C(=O)O)cc3)ccc2OCC=O)ccc1N1CCCC1. The first kappa shape index (κ1) is 23.6. The van der Waals surface area contributed by atoms with Crippen LogP contribution in [0.1, 0.15) is 49.5 Å². The molecule has 34 heavy (non-hydrogen) atoms. The molecule has 4 rings (SSSR count). The zero-order valence-electron chi connectivity index (χ0n) is 20.0. The van der Waals surface area contributed by atoms with E-state index in [9.17, 15) is 14.7 Å². The molecular formula is C29H31NO4. The molecule has 0 aromatic heterocycles. The Balaban J connectivity index is 1.81. The van der Waals surface area contributed by atoms with E-state index in [0.29, 0.717) is 5.75 Å². The summed E-state index contributed by atoms with van der Waals surface area (Å²) in [6.07, 6.45) is 3.19. The van der Waals surface area contributed by atoms with E-state index in [4.69, 9.17) is 4.74 Å². The molecule has 5 nitrogen and oxygen atoms in total. The Kier molecular flexibility index (Phi) is 6.73. The summed E-state index contributed by atoms with van der Waals surface area (Å²) in [5.74, 6) is -0.301. The zero-order chi connectivity index (χ0) is 24.3. The molecule has 1 aliphatic rings. The molecule has 0 atom stereocenters. The number of aromatic carboxylic acids is 1. The minimum atomic E-state index is -0.947. The molecule has 0 aliphatic carbocycles. The first-order chi connectivity index (χ1) is 16.3. The number of carbonyl (C=O) groups excluding carboxylic acids is 1. The third kappa shape index (κ3) is 4.98. The summed E-state index contributed by atoms with van der Waals surface area (Å²) in [4.78, 5) is 24.7. The van der Waals surface area contributed by atoms with Gasteiger partial charge >= 0.3 is 5.97 Å². The van der Waals surface area contributed by atoms with Crippen LogP contribution in [0.2, 0.25) is 0 Å². The van der Waals surface area contributed by atoms with Gasteiger partial charge in [-0.1, -0.05) is 45.0 Å². The van der Waals surface area contributed by atoms with E-state index >= 15 is 0 Å². The van der Waals surface area contributed by atoms with E-state index in [0.717, 1.165) is 41.6 Å². The Hall–Kier alpha value is -3.60. The number of hydrogen-bond donors (Lipinski definition) is 1. The highest BCUT2D eigenvalue weighted by molar-refractivity contribution is 5.88. The Labute approximate surface area is 201 Å². The van der Waals surface area contributed by atoms with Crippen molar-refractivity contribution in [3.8, 4) is 28.0 Å². The number of nitrogens with zero attached hydrogens (tertiary/aromatic N) is 1. The lowest BCUT2D eigenvalue weighted by Crippen LogP contribution is -2.23. The van der Waals surface area contributed by atoms with E-state index in [2.05, 4.69) is 43.9 Å². The van der Waals surface area contributed by atoms with Gasteiger partial charge in [0.15, 0.2) is 6.29 Å². The molecule has 1 aliphatic heterocycles. The molecule has 3 aromatic carbocycles. The van der Waals surface area contributed by atoms with Crippen molar-refractivity contribution in [2.75, 3.05) is 24.6 Å². The first-order valence-corrected chi connectivity index (χ1v) is 11.7. The third-order valence-corrected chi connectivity index (χ3v) is 6.31. The number of carbonyl (C=O) groups is 2. The zero-order valence-corrected chi connectivity index (χ0v) is 20.0. The average Bonchev–Trinajstić information content (AvgIpc) is 3.37. The molecule has 0 amide bonds. The molecular weight excluding hydrogens is 426 g/mol. The molecule has 1 saturated heterocycles. The average molecular weight is 458 g/mol. The largest absolute Gasteiger partial charge is 0.486 e. The standard InChI is InChI=1S/C29H31NO4/c1-29(2,3)25-19-23(10-12-26(25)30-14-4-5-15-30)24-18-22(11-13-27(24)34-17-16-31)20-6-8-21(9-7-20)28(32)33/h6-13,16,18-19H,4-5,14-15,17H2,1-3H3,(H,32,33). The van der Waals surface area contributed by atoms with Gasteiger partial charge < -0.3 is 14.7 Å². The highest BCUT2D eigenvalue weighted by Crippen LogP contribution is 2.40. The minimum Gasteiger partial charge on any atom is -0.486 e. The molecule has 5 heteroatoms. The van der Waals surface area contributed by atoms with Gasteiger partial charge in [-0.3, -0.25) is 4.79 Å². The summed E-state index contributed by atoms with van der Waals surface area (Å²) >= 11 is 0. The van der Waals surface area contributed by atoms with Crippen LogP contribution in [0.4, 0.5) is 5.69 Å². The van der Waals surface area contributed by atoms with Crippen LogP contribution in [0.5, 0.6) is 5.75 Å². The van der Waals surface area contributed by atoms with Crippen molar-refractivity contribution < 1.29 is 19.4 Å². The highest BCUT2D eigenvalue weighted by atomic mass is 16.5. The van der Waals surface area contributed by atoms with Gasteiger partial charge in [0, 0.05) is 24.3 Å². The maximum atomic E-state index is 11.2. The molecule has 0 unspecified atom stereocenters. The van der Waals surface area contributed by atoms with E-state index in [1.807, 2.05) is 30.3 Å². The molecule has 1 heterocycles. The summed E-state index contributed by atoms with van der Waals surface area (Å²) in [5, 5.41) is 9.20.